The van der Waals surface area contributed by atoms with E-state index in [1.165, 1.54) is 5.56 Å². The minimum absolute atomic E-state index is 0.0815. The van der Waals surface area contributed by atoms with Crippen molar-refractivity contribution in [2.45, 2.75) is 56.7 Å². The Morgan fingerprint density at radius 2 is 1.94 bits per heavy atom. The van der Waals surface area contributed by atoms with Crippen LogP contribution in [0.3, 0.4) is 0 Å². The number of rotatable bonds is 7. The Hall–Kier alpha value is -2.33. The van der Waals surface area contributed by atoms with Crippen LogP contribution >= 0.6 is 0 Å². The molecule has 0 radical (unpaired) electrons. The molecule has 2 aromatic heterocycles. The largest absolute Gasteiger partial charge is 0.391 e. The highest BCUT2D eigenvalue weighted by Gasteiger charge is 2.37. The first-order chi connectivity index (χ1) is 14.7. The maximum atomic E-state index is 11.7. The second-order valence-corrected chi connectivity index (χ2v) is 10.2. The lowest BCUT2D eigenvalue weighted by Gasteiger charge is -2.25. The maximum absolute atomic E-state index is 11.7. The fourth-order valence-corrected chi connectivity index (χ4v) is 5.17. The molecule has 3 atom stereocenters. The molecule has 0 spiro atoms. The molecular weight excluding hydrogens is 416 g/mol. The first kappa shape index (κ1) is 21.9. The standard InChI is InChI=1S/C22H28N4O4S/c1-22(2,15-7-5-4-6-8-15)13-19-17-9-10-26(21(17)24-14-23-19)16-11-18(20(27)12-16)25-31(28,29)30-3/h4-10,14,16,18,20,25,27H,11-13H2,1-3H3/t16-,18+,20+/m1/s1. The highest BCUT2D eigenvalue weighted by molar-refractivity contribution is 7.84. The second kappa shape index (κ2) is 8.31. The summed E-state index contributed by atoms with van der Waals surface area (Å²) in [4.78, 5) is 9.06. The van der Waals surface area contributed by atoms with E-state index in [9.17, 15) is 13.5 Å². The Balaban J connectivity index is 1.60. The number of fused-ring (bicyclic) bond motifs is 1. The molecule has 0 aliphatic heterocycles. The summed E-state index contributed by atoms with van der Waals surface area (Å²) in [5.41, 5.74) is 2.90. The van der Waals surface area contributed by atoms with Gasteiger partial charge in [-0.25, -0.2) is 9.97 Å². The third-order valence-corrected chi connectivity index (χ3v) is 7.20. The quantitative estimate of drug-likeness (QED) is 0.580. The number of hydrogen-bond donors (Lipinski definition) is 2. The third kappa shape index (κ3) is 4.50. The summed E-state index contributed by atoms with van der Waals surface area (Å²) in [6.45, 7) is 4.40. The first-order valence-electron chi connectivity index (χ1n) is 10.3. The van der Waals surface area contributed by atoms with Gasteiger partial charge in [-0.1, -0.05) is 44.2 Å². The van der Waals surface area contributed by atoms with Crippen LogP contribution in [-0.2, 0) is 26.3 Å². The van der Waals surface area contributed by atoms with Gasteiger partial charge < -0.3 is 9.67 Å². The summed E-state index contributed by atoms with van der Waals surface area (Å²) in [5, 5.41) is 11.4. The lowest BCUT2D eigenvalue weighted by molar-refractivity contribution is 0.154. The predicted octanol–water partition coefficient (Wildman–Crippen LogP) is 2.50. The van der Waals surface area contributed by atoms with Gasteiger partial charge in [0.25, 0.3) is 0 Å². The molecule has 0 bridgehead atoms. The summed E-state index contributed by atoms with van der Waals surface area (Å²) < 4.78 is 32.3. The van der Waals surface area contributed by atoms with Crippen molar-refractivity contribution in [3.05, 3.63) is 60.2 Å². The zero-order valence-electron chi connectivity index (χ0n) is 17.9. The van der Waals surface area contributed by atoms with Crippen molar-refractivity contribution in [3.8, 4) is 0 Å². The molecule has 0 amide bonds. The number of nitrogens with zero attached hydrogens (tertiary/aromatic N) is 3. The zero-order chi connectivity index (χ0) is 22.2. The van der Waals surface area contributed by atoms with E-state index >= 15 is 0 Å². The van der Waals surface area contributed by atoms with Crippen LogP contribution in [0.1, 0.15) is 44.0 Å². The van der Waals surface area contributed by atoms with Crippen LogP contribution in [0.4, 0.5) is 0 Å². The summed E-state index contributed by atoms with van der Waals surface area (Å²) in [6, 6.07) is 11.7. The summed E-state index contributed by atoms with van der Waals surface area (Å²) >= 11 is 0. The third-order valence-electron chi connectivity index (χ3n) is 6.17. The van der Waals surface area contributed by atoms with Crippen LogP contribution in [-0.4, -0.2) is 47.3 Å². The monoisotopic (exact) mass is 444 g/mol. The molecule has 1 aliphatic carbocycles. The SMILES string of the molecule is COS(=O)(=O)N[C@H]1C[C@@H](n2ccc3c(CC(C)(C)c4ccccc4)ncnc32)C[C@@H]1O. The van der Waals surface area contributed by atoms with Crippen molar-refractivity contribution < 1.29 is 17.7 Å². The van der Waals surface area contributed by atoms with E-state index in [4.69, 9.17) is 0 Å². The van der Waals surface area contributed by atoms with Crippen molar-refractivity contribution in [1.29, 1.82) is 0 Å². The fourth-order valence-electron chi connectivity index (χ4n) is 4.45. The average molecular weight is 445 g/mol. The van der Waals surface area contributed by atoms with E-state index < -0.39 is 22.4 Å². The minimum Gasteiger partial charge on any atom is -0.391 e. The van der Waals surface area contributed by atoms with Gasteiger partial charge in [-0.15, -0.1) is 0 Å². The molecule has 1 aliphatic rings. The van der Waals surface area contributed by atoms with Gasteiger partial charge in [0.1, 0.15) is 12.0 Å². The molecular formula is C22H28N4O4S. The van der Waals surface area contributed by atoms with Crippen molar-refractivity contribution in [2.75, 3.05) is 7.11 Å². The maximum Gasteiger partial charge on any atom is 0.335 e. The zero-order valence-corrected chi connectivity index (χ0v) is 18.7. The van der Waals surface area contributed by atoms with Crippen molar-refractivity contribution in [1.82, 2.24) is 19.3 Å². The lowest BCUT2D eigenvalue weighted by atomic mass is 9.80. The second-order valence-electron chi connectivity index (χ2n) is 8.75. The van der Waals surface area contributed by atoms with Crippen molar-refractivity contribution >= 4 is 21.3 Å². The highest BCUT2D eigenvalue weighted by Crippen LogP contribution is 2.35. The molecule has 9 heteroatoms. The van der Waals surface area contributed by atoms with Gasteiger partial charge in [-0.3, -0.25) is 4.18 Å². The van der Waals surface area contributed by atoms with Crippen molar-refractivity contribution in [2.24, 2.45) is 0 Å². The smallest absolute Gasteiger partial charge is 0.335 e. The van der Waals surface area contributed by atoms with Crippen LogP contribution in [0.2, 0.25) is 0 Å². The molecule has 3 aromatic rings. The molecule has 1 saturated carbocycles. The van der Waals surface area contributed by atoms with Gasteiger partial charge in [0.05, 0.1) is 24.9 Å². The number of aromatic nitrogens is 3. The summed E-state index contributed by atoms with van der Waals surface area (Å²) in [7, 11) is -2.78. The highest BCUT2D eigenvalue weighted by atomic mass is 32.2. The summed E-state index contributed by atoms with van der Waals surface area (Å²) in [6.07, 6.45) is 4.35. The predicted molar refractivity (Wildman–Crippen MR) is 118 cm³/mol. The minimum atomic E-state index is -3.87. The first-order valence-corrected chi connectivity index (χ1v) is 11.7. The van der Waals surface area contributed by atoms with Crippen molar-refractivity contribution in [3.63, 3.8) is 0 Å². The Morgan fingerprint density at radius 3 is 2.65 bits per heavy atom. The Morgan fingerprint density at radius 1 is 1.19 bits per heavy atom. The molecule has 1 fully saturated rings. The van der Waals surface area contributed by atoms with E-state index in [2.05, 4.69) is 44.9 Å². The molecule has 4 rings (SSSR count). The molecule has 31 heavy (non-hydrogen) atoms. The Bertz CT molecular complexity index is 1160. The van der Waals surface area contributed by atoms with E-state index in [1.54, 1.807) is 6.33 Å². The van der Waals surface area contributed by atoms with Gasteiger partial charge in [0.15, 0.2) is 0 Å². The average Bonchev–Trinajstić information content (AvgIpc) is 3.32. The van der Waals surface area contributed by atoms with Crippen LogP contribution in [0.5, 0.6) is 0 Å². The molecule has 2 N–H and O–H groups in total. The van der Waals surface area contributed by atoms with Gasteiger partial charge in [0.2, 0.25) is 0 Å². The van der Waals surface area contributed by atoms with Crippen LogP contribution < -0.4 is 4.72 Å². The van der Waals surface area contributed by atoms with Crippen LogP contribution in [0.25, 0.3) is 11.0 Å². The normalized spacial score (nSPS) is 22.3. The van der Waals surface area contributed by atoms with Gasteiger partial charge in [0, 0.05) is 17.6 Å². The van der Waals surface area contributed by atoms with Gasteiger partial charge in [-0.2, -0.15) is 13.1 Å². The lowest BCUT2D eigenvalue weighted by Crippen LogP contribution is -2.40. The Kier molecular flexibility index (Phi) is 5.87. The van der Waals surface area contributed by atoms with Gasteiger partial charge in [-0.05, 0) is 36.3 Å². The topological polar surface area (TPSA) is 106 Å². The fraction of sp³-hybridized carbons (Fsp3) is 0.455. The van der Waals surface area contributed by atoms with Crippen LogP contribution in [0, 0.1) is 0 Å². The van der Waals surface area contributed by atoms with E-state index in [0.29, 0.717) is 12.8 Å². The number of benzene rings is 1. The van der Waals surface area contributed by atoms with Gasteiger partial charge >= 0.3 is 10.3 Å². The molecule has 0 unspecified atom stereocenters. The molecule has 2 heterocycles. The molecule has 8 nitrogen and oxygen atoms in total. The molecule has 1 aromatic carbocycles. The van der Waals surface area contributed by atoms with E-state index in [0.717, 1.165) is 30.3 Å². The number of hydrogen-bond acceptors (Lipinski definition) is 6. The van der Waals surface area contributed by atoms with E-state index in [-0.39, 0.29) is 11.5 Å². The number of nitrogens with one attached hydrogen (secondary N) is 1. The molecule has 0 saturated heterocycles. The number of aliphatic hydroxyl groups is 1. The van der Waals surface area contributed by atoms with Crippen LogP contribution in [0.15, 0.2) is 48.9 Å². The Labute approximate surface area is 182 Å². The van der Waals surface area contributed by atoms with E-state index in [1.807, 2.05) is 35.0 Å². The molecule has 166 valence electrons. The summed E-state index contributed by atoms with van der Waals surface area (Å²) in [5.74, 6) is 0. The number of aliphatic hydroxyl groups excluding tert-OH is 1.